The van der Waals surface area contributed by atoms with Gasteiger partial charge >= 0.3 is 0 Å². The van der Waals surface area contributed by atoms with Crippen LogP contribution in [0.1, 0.15) is 72.1 Å². The first-order chi connectivity index (χ1) is 6.68. The quantitative estimate of drug-likeness (QED) is 0.375. The molecule has 0 aliphatic rings. The summed E-state index contributed by atoms with van der Waals surface area (Å²) >= 11 is 0. The number of hydrogen-bond acceptors (Lipinski definition) is 0. The van der Waals surface area contributed by atoms with Gasteiger partial charge in [0.05, 0.1) is 0 Å². The molecule has 2 atom stereocenters. The molecule has 0 nitrogen and oxygen atoms in total. The van der Waals surface area contributed by atoms with Crippen LogP contribution in [0.3, 0.4) is 0 Å². The molecule has 0 fully saturated rings. The van der Waals surface area contributed by atoms with Crippen LogP contribution in [0.25, 0.3) is 0 Å². The number of rotatable bonds is 9. The molecule has 0 N–H and O–H groups in total. The third kappa shape index (κ3) is 9.00. The van der Waals surface area contributed by atoms with Gasteiger partial charge in [0, 0.05) is 0 Å². The van der Waals surface area contributed by atoms with Crippen LogP contribution in [-0.4, -0.2) is 5.66 Å². The van der Waals surface area contributed by atoms with Crippen molar-refractivity contribution in [2.75, 3.05) is 0 Å². The van der Waals surface area contributed by atoms with Gasteiger partial charge in [0.15, 0.2) is 0 Å². The van der Waals surface area contributed by atoms with E-state index in [1.54, 1.807) is 0 Å². The number of hydrogen-bond donors (Lipinski definition) is 0. The molecule has 0 heterocycles. The first-order valence-electron chi connectivity index (χ1n) is 6.44. The van der Waals surface area contributed by atoms with E-state index in [1.807, 2.05) is 0 Å². The maximum absolute atomic E-state index is 2.99. The predicted octanol–water partition coefficient (Wildman–Crippen LogP) is 5.03. The lowest BCUT2D eigenvalue weighted by Gasteiger charge is -2.14. The van der Waals surface area contributed by atoms with Crippen LogP contribution in [0, 0.1) is 5.92 Å². The Balaban J connectivity index is 3.06. The van der Waals surface area contributed by atoms with Crippen LogP contribution in [0.2, 0.25) is 0 Å². The second kappa shape index (κ2) is 9.97. The van der Waals surface area contributed by atoms with E-state index < -0.39 is 0 Å². The highest BCUT2D eigenvalue weighted by Gasteiger charge is 2.05. The highest BCUT2D eigenvalue weighted by atomic mass is 31.0. The fourth-order valence-corrected chi connectivity index (χ4v) is 1.91. The Morgan fingerprint density at radius 1 is 0.857 bits per heavy atom. The Bertz CT molecular complexity index is 110. The molecule has 14 heavy (non-hydrogen) atoms. The topological polar surface area (TPSA) is 0 Å². The standard InChI is InChI=1S/C13H29P/c1-4-5-6-7-8-9-10-11-13(14)12(2)3/h12-13H,4-11,14H2,1-3H3. The normalized spacial score (nSPS) is 13.5. The molecule has 0 bridgehead atoms. The van der Waals surface area contributed by atoms with E-state index in [-0.39, 0.29) is 0 Å². The summed E-state index contributed by atoms with van der Waals surface area (Å²) in [6, 6.07) is 0. The molecule has 0 aliphatic carbocycles. The van der Waals surface area contributed by atoms with Gasteiger partial charge in [0.25, 0.3) is 0 Å². The van der Waals surface area contributed by atoms with E-state index in [9.17, 15) is 0 Å². The fourth-order valence-electron chi connectivity index (χ4n) is 1.67. The molecule has 0 rings (SSSR count). The molecule has 0 aromatic rings. The highest BCUT2D eigenvalue weighted by Crippen LogP contribution is 2.19. The van der Waals surface area contributed by atoms with Gasteiger partial charge in [0.1, 0.15) is 0 Å². The minimum absolute atomic E-state index is 0.833. The van der Waals surface area contributed by atoms with Crippen LogP contribution >= 0.6 is 9.24 Å². The molecule has 0 aromatic carbocycles. The summed E-state index contributed by atoms with van der Waals surface area (Å²) in [5, 5.41) is 0. The van der Waals surface area contributed by atoms with E-state index in [4.69, 9.17) is 0 Å². The van der Waals surface area contributed by atoms with Gasteiger partial charge in [-0.2, -0.15) is 0 Å². The monoisotopic (exact) mass is 216 g/mol. The molecule has 0 saturated heterocycles. The van der Waals surface area contributed by atoms with E-state index in [1.165, 1.54) is 51.4 Å². The third-order valence-corrected chi connectivity index (χ3v) is 4.10. The van der Waals surface area contributed by atoms with Crippen LogP contribution in [-0.2, 0) is 0 Å². The van der Waals surface area contributed by atoms with Gasteiger partial charge < -0.3 is 0 Å². The zero-order valence-electron chi connectivity index (χ0n) is 10.4. The molecule has 86 valence electrons. The van der Waals surface area contributed by atoms with Crippen molar-refractivity contribution in [1.29, 1.82) is 0 Å². The van der Waals surface area contributed by atoms with Gasteiger partial charge in [0.2, 0.25) is 0 Å². The lowest BCUT2D eigenvalue weighted by molar-refractivity contribution is 0.520. The molecule has 0 saturated carbocycles. The Morgan fingerprint density at radius 3 is 1.86 bits per heavy atom. The molecule has 0 aliphatic heterocycles. The molecule has 2 unspecified atom stereocenters. The summed E-state index contributed by atoms with van der Waals surface area (Å²) in [5.74, 6) is 0.833. The molecule has 0 spiro atoms. The van der Waals surface area contributed by atoms with E-state index in [2.05, 4.69) is 30.0 Å². The van der Waals surface area contributed by atoms with Crippen LogP contribution in [0.4, 0.5) is 0 Å². The summed E-state index contributed by atoms with van der Waals surface area (Å²) in [7, 11) is 2.99. The Hall–Kier alpha value is 0.430. The molecule has 0 amide bonds. The largest absolute Gasteiger partial charge is 0.134 e. The van der Waals surface area contributed by atoms with Gasteiger partial charge in [-0.05, 0) is 18.0 Å². The minimum atomic E-state index is 0.833. The van der Waals surface area contributed by atoms with Gasteiger partial charge in [-0.3, -0.25) is 0 Å². The third-order valence-electron chi connectivity index (χ3n) is 3.00. The van der Waals surface area contributed by atoms with Crippen molar-refractivity contribution in [3.63, 3.8) is 0 Å². The molecular formula is C13H29P. The highest BCUT2D eigenvalue weighted by molar-refractivity contribution is 7.17. The molecule has 1 heteroatoms. The van der Waals surface area contributed by atoms with Crippen molar-refractivity contribution >= 4 is 9.24 Å². The average Bonchev–Trinajstić information content (AvgIpc) is 2.16. The zero-order chi connectivity index (χ0) is 10.8. The molecule has 0 aromatic heterocycles. The minimum Gasteiger partial charge on any atom is -0.134 e. The van der Waals surface area contributed by atoms with Crippen molar-refractivity contribution in [1.82, 2.24) is 0 Å². The summed E-state index contributed by atoms with van der Waals surface area (Å²) < 4.78 is 0. The maximum atomic E-state index is 2.99. The second-order valence-corrected chi connectivity index (χ2v) is 5.67. The summed E-state index contributed by atoms with van der Waals surface area (Å²) in [5.41, 5.74) is 0.839. The van der Waals surface area contributed by atoms with E-state index in [0.29, 0.717) is 0 Å². The Labute approximate surface area is 93.4 Å². The summed E-state index contributed by atoms with van der Waals surface area (Å²) in [6.45, 7) is 6.92. The Kier molecular flexibility index (Phi) is 10.3. The van der Waals surface area contributed by atoms with Crippen LogP contribution in [0.15, 0.2) is 0 Å². The van der Waals surface area contributed by atoms with Crippen LogP contribution < -0.4 is 0 Å². The Morgan fingerprint density at radius 2 is 1.36 bits per heavy atom. The summed E-state index contributed by atoms with van der Waals surface area (Å²) in [6.07, 6.45) is 11.4. The van der Waals surface area contributed by atoms with Crippen molar-refractivity contribution in [3.8, 4) is 0 Å². The van der Waals surface area contributed by atoms with Gasteiger partial charge in [-0.15, -0.1) is 9.24 Å². The zero-order valence-corrected chi connectivity index (χ0v) is 11.5. The fraction of sp³-hybridized carbons (Fsp3) is 1.00. The van der Waals surface area contributed by atoms with Crippen LogP contribution in [0.5, 0.6) is 0 Å². The predicted molar refractivity (Wildman–Crippen MR) is 70.9 cm³/mol. The maximum Gasteiger partial charge on any atom is -0.0241 e. The second-order valence-electron chi connectivity index (χ2n) is 4.82. The SMILES string of the molecule is CCCCCCCCCC(P)C(C)C. The summed E-state index contributed by atoms with van der Waals surface area (Å²) in [4.78, 5) is 0. The van der Waals surface area contributed by atoms with Gasteiger partial charge in [-0.25, -0.2) is 0 Å². The lowest BCUT2D eigenvalue weighted by atomic mass is 10.0. The molecule has 0 radical (unpaired) electrons. The van der Waals surface area contributed by atoms with E-state index in [0.717, 1.165) is 11.6 Å². The van der Waals surface area contributed by atoms with Crippen molar-refractivity contribution in [2.24, 2.45) is 5.92 Å². The molecular weight excluding hydrogens is 187 g/mol. The smallest absolute Gasteiger partial charge is 0.0241 e. The van der Waals surface area contributed by atoms with Crippen molar-refractivity contribution in [3.05, 3.63) is 0 Å². The van der Waals surface area contributed by atoms with Gasteiger partial charge in [-0.1, -0.05) is 65.7 Å². The number of unbranched alkanes of at least 4 members (excludes halogenated alkanes) is 6. The van der Waals surface area contributed by atoms with Crippen molar-refractivity contribution < 1.29 is 0 Å². The first-order valence-corrected chi connectivity index (χ1v) is 7.10. The van der Waals surface area contributed by atoms with E-state index >= 15 is 0 Å². The lowest BCUT2D eigenvalue weighted by Crippen LogP contribution is -2.06. The first kappa shape index (κ1) is 14.4. The van der Waals surface area contributed by atoms with Crippen molar-refractivity contribution in [2.45, 2.75) is 77.8 Å². The average molecular weight is 216 g/mol.